The lowest BCUT2D eigenvalue weighted by Crippen LogP contribution is -2.13. The fourth-order valence-electron chi connectivity index (χ4n) is 2.30. The van der Waals surface area contributed by atoms with Crippen LogP contribution < -0.4 is 10.1 Å². The van der Waals surface area contributed by atoms with Crippen LogP contribution in [0.15, 0.2) is 24.4 Å². The maximum absolute atomic E-state index is 12.1. The van der Waals surface area contributed by atoms with Crippen LogP contribution in [0.1, 0.15) is 23.0 Å². The first-order valence-corrected chi connectivity index (χ1v) is 6.71. The van der Waals surface area contributed by atoms with Crippen molar-refractivity contribution in [1.82, 2.24) is 9.78 Å². The molecular weight excluding hydrogens is 278 g/mol. The number of nitrogens with zero attached hydrogens (tertiary/aromatic N) is 2. The molecule has 1 aliphatic rings. The predicted octanol–water partition coefficient (Wildman–Crippen LogP) is 2.65. The number of hydrogen-bond acceptors (Lipinski definition) is 3. The lowest BCUT2D eigenvalue weighted by Gasteiger charge is -2.05. The highest BCUT2D eigenvalue weighted by Crippen LogP contribution is 2.31. The molecule has 1 aliphatic heterocycles. The summed E-state index contributed by atoms with van der Waals surface area (Å²) >= 11 is 5.95. The number of fused-ring (bicyclic) bond motifs is 1. The van der Waals surface area contributed by atoms with E-state index in [9.17, 15) is 4.79 Å². The van der Waals surface area contributed by atoms with Gasteiger partial charge in [0.15, 0.2) is 5.69 Å². The summed E-state index contributed by atoms with van der Waals surface area (Å²) in [6.07, 6.45) is 2.62. The Hall–Kier alpha value is -2.01. The number of rotatable bonds is 2. The van der Waals surface area contributed by atoms with Gasteiger partial charge in [-0.25, -0.2) is 0 Å². The summed E-state index contributed by atoms with van der Waals surface area (Å²) in [6, 6.07) is 5.60. The van der Waals surface area contributed by atoms with Crippen LogP contribution in [-0.4, -0.2) is 21.8 Å². The van der Waals surface area contributed by atoms with E-state index in [1.807, 2.05) is 25.1 Å². The van der Waals surface area contributed by atoms with Crippen LogP contribution in [0.25, 0.3) is 0 Å². The second-order valence-corrected chi connectivity index (χ2v) is 5.32. The Bertz CT molecular complexity index is 681. The fraction of sp³-hybridized carbons (Fsp3) is 0.286. The number of halogens is 1. The van der Waals surface area contributed by atoms with E-state index in [2.05, 4.69) is 10.4 Å². The Labute approximate surface area is 121 Å². The molecule has 1 aromatic carbocycles. The quantitative estimate of drug-likeness (QED) is 0.925. The lowest BCUT2D eigenvalue weighted by atomic mass is 10.1. The molecule has 5 nitrogen and oxygen atoms in total. The second kappa shape index (κ2) is 4.83. The SMILES string of the molecule is CC1Cc2cc(NC(=O)c3nn(C)cc3Cl)ccc2O1. The number of aromatic nitrogens is 2. The molecule has 1 aromatic heterocycles. The normalized spacial score (nSPS) is 16.6. The summed E-state index contributed by atoms with van der Waals surface area (Å²) in [4.78, 5) is 12.1. The Balaban J connectivity index is 1.80. The fourth-order valence-corrected chi connectivity index (χ4v) is 2.57. The van der Waals surface area contributed by atoms with E-state index in [1.165, 1.54) is 4.68 Å². The van der Waals surface area contributed by atoms with Crippen LogP contribution in [0.3, 0.4) is 0 Å². The minimum atomic E-state index is -0.317. The van der Waals surface area contributed by atoms with Crippen LogP contribution >= 0.6 is 11.6 Å². The monoisotopic (exact) mass is 291 g/mol. The van der Waals surface area contributed by atoms with Crippen LogP contribution in [-0.2, 0) is 13.5 Å². The highest BCUT2D eigenvalue weighted by molar-refractivity contribution is 6.34. The molecule has 6 heteroatoms. The molecule has 1 unspecified atom stereocenters. The number of benzene rings is 1. The lowest BCUT2D eigenvalue weighted by molar-refractivity contribution is 0.102. The molecule has 2 heterocycles. The van der Waals surface area contributed by atoms with Crippen molar-refractivity contribution in [2.75, 3.05) is 5.32 Å². The molecule has 1 amide bonds. The zero-order valence-corrected chi connectivity index (χ0v) is 11.9. The molecule has 0 spiro atoms. The summed E-state index contributed by atoms with van der Waals surface area (Å²) in [5.41, 5.74) is 2.04. The zero-order valence-electron chi connectivity index (χ0n) is 11.2. The first-order chi connectivity index (χ1) is 9.52. The third-order valence-corrected chi connectivity index (χ3v) is 3.43. The molecule has 0 fully saturated rings. The minimum absolute atomic E-state index is 0.182. The van der Waals surface area contributed by atoms with E-state index in [-0.39, 0.29) is 17.7 Å². The molecule has 20 heavy (non-hydrogen) atoms. The van der Waals surface area contributed by atoms with Crippen molar-refractivity contribution in [1.29, 1.82) is 0 Å². The van der Waals surface area contributed by atoms with Gasteiger partial charge in [0, 0.05) is 25.4 Å². The third kappa shape index (κ3) is 2.36. The summed E-state index contributed by atoms with van der Waals surface area (Å²) in [5.74, 6) is 0.564. The Morgan fingerprint density at radius 2 is 2.35 bits per heavy atom. The predicted molar refractivity (Wildman–Crippen MR) is 76.4 cm³/mol. The van der Waals surface area contributed by atoms with Crippen molar-refractivity contribution < 1.29 is 9.53 Å². The highest BCUT2D eigenvalue weighted by atomic mass is 35.5. The van der Waals surface area contributed by atoms with Gasteiger partial charge in [-0.15, -0.1) is 0 Å². The molecule has 0 saturated heterocycles. The molecule has 1 N–H and O–H groups in total. The van der Waals surface area contributed by atoms with E-state index in [1.54, 1.807) is 13.2 Å². The highest BCUT2D eigenvalue weighted by Gasteiger charge is 2.20. The van der Waals surface area contributed by atoms with Crippen LogP contribution in [0.4, 0.5) is 5.69 Å². The number of amides is 1. The zero-order chi connectivity index (χ0) is 14.3. The van der Waals surface area contributed by atoms with E-state index < -0.39 is 0 Å². The van der Waals surface area contributed by atoms with Crippen molar-refractivity contribution in [3.63, 3.8) is 0 Å². The number of nitrogens with one attached hydrogen (secondary N) is 1. The number of carbonyl (C=O) groups is 1. The van der Waals surface area contributed by atoms with Gasteiger partial charge in [-0.1, -0.05) is 11.6 Å². The summed E-state index contributed by atoms with van der Waals surface area (Å²) in [6.45, 7) is 2.02. The minimum Gasteiger partial charge on any atom is -0.490 e. The van der Waals surface area contributed by atoms with Crippen LogP contribution in [0.5, 0.6) is 5.75 Å². The molecule has 0 aliphatic carbocycles. The van der Waals surface area contributed by atoms with Crippen LogP contribution in [0, 0.1) is 0 Å². The van der Waals surface area contributed by atoms with E-state index in [4.69, 9.17) is 16.3 Å². The van der Waals surface area contributed by atoms with E-state index >= 15 is 0 Å². The van der Waals surface area contributed by atoms with Gasteiger partial charge in [-0.05, 0) is 30.7 Å². The van der Waals surface area contributed by atoms with Crippen LogP contribution in [0.2, 0.25) is 5.02 Å². The van der Waals surface area contributed by atoms with E-state index in [0.29, 0.717) is 10.7 Å². The average Bonchev–Trinajstić information content (AvgIpc) is 2.90. The number of aryl methyl sites for hydroxylation is 1. The number of anilines is 1. The first-order valence-electron chi connectivity index (χ1n) is 6.33. The van der Waals surface area contributed by atoms with Crippen molar-refractivity contribution in [2.24, 2.45) is 7.05 Å². The largest absolute Gasteiger partial charge is 0.490 e. The van der Waals surface area contributed by atoms with Gasteiger partial charge in [-0.2, -0.15) is 5.10 Å². The van der Waals surface area contributed by atoms with Crippen molar-refractivity contribution in [2.45, 2.75) is 19.4 Å². The van der Waals surface area contributed by atoms with Crippen molar-refractivity contribution >= 4 is 23.2 Å². The molecular formula is C14H14ClN3O2. The Morgan fingerprint density at radius 1 is 1.55 bits per heavy atom. The molecule has 0 saturated carbocycles. The molecule has 1 atom stereocenters. The second-order valence-electron chi connectivity index (χ2n) is 4.91. The summed E-state index contributed by atoms with van der Waals surface area (Å²) in [7, 11) is 1.72. The third-order valence-electron chi connectivity index (χ3n) is 3.15. The van der Waals surface area contributed by atoms with Crippen molar-refractivity contribution in [3.8, 4) is 5.75 Å². The molecule has 3 rings (SSSR count). The maximum atomic E-state index is 12.1. The Morgan fingerprint density at radius 3 is 3.05 bits per heavy atom. The summed E-state index contributed by atoms with van der Waals surface area (Å²) in [5, 5.41) is 7.18. The van der Waals surface area contributed by atoms with Crippen molar-refractivity contribution in [3.05, 3.63) is 40.7 Å². The molecule has 2 aromatic rings. The van der Waals surface area contributed by atoms with Gasteiger partial charge < -0.3 is 10.1 Å². The van der Waals surface area contributed by atoms with Gasteiger partial charge in [-0.3, -0.25) is 9.48 Å². The maximum Gasteiger partial charge on any atom is 0.277 e. The smallest absolute Gasteiger partial charge is 0.277 e. The average molecular weight is 292 g/mol. The number of carbonyl (C=O) groups excluding carboxylic acids is 1. The standard InChI is InChI=1S/C14H14ClN3O2/c1-8-5-9-6-10(3-4-12(9)20-8)16-14(19)13-11(15)7-18(2)17-13/h3-4,6-8H,5H2,1-2H3,(H,16,19). The first kappa shape index (κ1) is 13.0. The van der Waals surface area contributed by atoms with Gasteiger partial charge >= 0.3 is 0 Å². The topological polar surface area (TPSA) is 56.2 Å². The number of hydrogen-bond donors (Lipinski definition) is 1. The van der Waals surface area contributed by atoms with Gasteiger partial charge in [0.1, 0.15) is 11.9 Å². The van der Waals surface area contributed by atoms with Gasteiger partial charge in [0.05, 0.1) is 5.02 Å². The van der Waals surface area contributed by atoms with Gasteiger partial charge in [0.2, 0.25) is 0 Å². The molecule has 0 bridgehead atoms. The van der Waals surface area contributed by atoms with Gasteiger partial charge in [0.25, 0.3) is 5.91 Å². The van der Waals surface area contributed by atoms with E-state index in [0.717, 1.165) is 17.7 Å². The Kier molecular flexibility index (Phi) is 3.14. The number of ether oxygens (including phenoxy) is 1. The molecule has 0 radical (unpaired) electrons. The summed E-state index contributed by atoms with van der Waals surface area (Å²) < 4.78 is 7.13. The molecule has 104 valence electrons.